The Morgan fingerprint density at radius 1 is 1.11 bits per heavy atom. The van der Waals surface area contributed by atoms with Gasteiger partial charge >= 0.3 is 0 Å². The van der Waals surface area contributed by atoms with Gasteiger partial charge in [-0.1, -0.05) is 19.1 Å². The molecule has 158 valence electrons. The zero-order chi connectivity index (χ0) is 19.8. The molecule has 2 amide bonds. The van der Waals surface area contributed by atoms with Crippen LogP contribution in [0.15, 0.2) is 24.3 Å². The molecular formula is C20H32ClN3O4. The van der Waals surface area contributed by atoms with E-state index in [-0.39, 0.29) is 36.7 Å². The number of rotatable bonds is 8. The van der Waals surface area contributed by atoms with Crippen LogP contribution in [0.3, 0.4) is 0 Å². The number of hydrogen-bond donors (Lipinski definition) is 1. The predicted molar refractivity (Wildman–Crippen MR) is 111 cm³/mol. The minimum absolute atomic E-state index is 0. The van der Waals surface area contributed by atoms with E-state index in [1.165, 1.54) is 5.56 Å². The minimum atomic E-state index is -0.560. The summed E-state index contributed by atoms with van der Waals surface area (Å²) in [6.45, 7) is 6.22. The summed E-state index contributed by atoms with van der Waals surface area (Å²) >= 11 is 0. The van der Waals surface area contributed by atoms with Crippen LogP contribution in [0.4, 0.5) is 0 Å². The van der Waals surface area contributed by atoms with Crippen molar-refractivity contribution in [2.24, 2.45) is 5.73 Å². The van der Waals surface area contributed by atoms with Crippen LogP contribution in [0.1, 0.15) is 25.8 Å². The molecule has 0 aromatic heterocycles. The third-order valence-electron chi connectivity index (χ3n) is 4.93. The summed E-state index contributed by atoms with van der Waals surface area (Å²) in [5.41, 5.74) is 6.80. The highest BCUT2D eigenvalue weighted by Gasteiger charge is 2.28. The van der Waals surface area contributed by atoms with Gasteiger partial charge < -0.3 is 25.0 Å². The number of carbonyl (C=O) groups is 2. The summed E-state index contributed by atoms with van der Waals surface area (Å²) in [6.07, 6.45) is 0.419. The lowest BCUT2D eigenvalue weighted by atomic mass is 10.2. The Labute approximate surface area is 173 Å². The van der Waals surface area contributed by atoms with Gasteiger partial charge in [0.25, 0.3) is 5.91 Å². The second kappa shape index (κ2) is 11.9. The molecule has 0 aliphatic carbocycles. The summed E-state index contributed by atoms with van der Waals surface area (Å²) in [7, 11) is 1.55. The van der Waals surface area contributed by atoms with Gasteiger partial charge in [-0.25, -0.2) is 0 Å². The average Bonchev–Trinajstić information content (AvgIpc) is 2.71. The molecule has 1 aliphatic rings. The molecule has 1 heterocycles. The number of halogens is 1. The number of benzene rings is 1. The fourth-order valence-corrected chi connectivity index (χ4v) is 3.08. The van der Waals surface area contributed by atoms with Crippen molar-refractivity contribution >= 4 is 24.2 Å². The summed E-state index contributed by atoms with van der Waals surface area (Å²) in [5.74, 6) is 0.646. The lowest BCUT2D eigenvalue weighted by Gasteiger charge is -2.36. The molecule has 0 saturated carbocycles. The summed E-state index contributed by atoms with van der Waals surface area (Å²) < 4.78 is 11.0. The van der Waals surface area contributed by atoms with Crippen LogP contribution >= 0.6 is 12.4 Å². The van der Waals surface area contributed by atoms with Crippen molar-refractivity contribution in [2.75, 3.05) is 39.8 Å². The molecule has 1 aromatic rings. The summed E-state index contributed by atoms with van der Waals surface area (Å²) in [6, 6.07) is 7.79. The fourth-order valence-electron chi connectivity index (χ4n) is 3.08. The van der Waals surface area contributed by atoms with Crippen LogP contribution in [-0.4, -0.2) is 73.7 Å². The van der Waals surface area contributed by atoms with E-state index in [0.717, 1.165) is 6.42 Å². The third kappa shape index (κ3) is 6.65. The summed E-state index contributed by atoms with van der Waals surface area (Å²) in [5, 5.41) is 0. The molecule has 2 N–H and O–H groups in total. The highest BCUT2D eigenvalue weighted by molar-refractivity contribution is 5.85. The average molecular weight is 414 g/mol. The van der Waals surface area contributed by atoms with E-state index in [1.807, 2.05) is 24.3 Å². The van der Waals surface area contributed by atoms with E-state index < -0.39 is 6.10 Å². The van der Waals surface area contributed by atoms with Gasteiger partial charge in [0.15, 0.2) is 6.10 Å². The molecule has 2 rings (SSSR count). The molecular weight excluding hydrogens is 382 g/mol. The Hall–Kier alpha value is -1.83. The number of aryl methyl sites for hydroxylation is 1. The Balaban J connectivity index is 0.00000392. The summed E-state index contributed by atoms with van der Waals surface area (Å²) in [4.78, 5) is 28.4. The van der Waals surface area contributed by atoms with Crippen LogP contribution < -0.4 is 10.5 Å². The zero-order valence-corrected chi connectivity index (χ0v) is 17.7. The largest absolute Gasteiger partial charge is 0.481 e. The van der Waals surface area contributed by atoms with E-state index in [2.05, 4.69) is 6.92 Å². The van der Waals surface area contributed by atoms with Gasteiger partial charge in [0, 0.05) is 39.8 Å². The Morgan fingerprint density at radius 3 is 2.18 bits per heavy atom. The molecule has 7 nitrogen and oxygen atoms in total. The number of hydrogen-bond acceptors (Lipinski definition) is 5. The molecule has 1 aliphatic heterocycles. The SMILES string of the molecule is CCc1ccc(OC(C)C(=O)N2CCN(C(=O)CC(CN)OC)CC2)cc1.Cl. The molecule has 2 unspecified atom stereocenters. The van der Waals surface area contributed by atoms with E-state index in [1.54, 1.807) is 23.8 Å². The lowest BCUT2D eigenvalue weighted by Crippen LogP contribution is -2.53. The van der Waals surface area contributed by atoms with Crippen LogP contribution in [0.5, 0.6) is 5.75 Å². The molecule has 1 aromatic carbocycles. The molecule has 2 atom stereocenters. The number of amides is 2. The Morgan fingerprint density at radius 2 is 1.68 bits per heavy atom. The van der Waals surface area contributed by atoms with E-state index in [0.29, 0.717) is 38.5 Å². The first-order valence-electron chi connectivity index (χ1n) is 9.53. The third-order valence-corrected chi connectivity index (χ3v) is 4.93. The fraction of sp³-hybridized carbons (Fsp3) is 0.600. The van der Waals surface area contributed by atoms with E-state index in [9.17, 15) is 9.59 Å². The molecule has 0 bridgehead atoms. The predicted octanol–water partition coefficient (Wildman–Crippen LogP) is 1.47. The number of nitrogens with two attached hydrogens (primary N) is 1. The van der Waals surface area contributed by atoms with E-state index in [4.69, 9.17) is 15.2 Å². The van der Waals surface area contributed by atoms with Crippen molar-refractivity contribution in [3.63, 3.8) is 0 Å². The van der Waals surface area contributed by atoms with Crippen molar-refractivity contribution in [1.29, 1.82) is 0 Å². The molecule has 8 heteroatoms. The van der Waals surface area contributed by atoms with Crippen molar-refractivity contribution < 1.29 is 19.1 Å². The normalized spacial score (nSPS) is 16.1. The van der Waals surface area contributed by atoms with Crippen molar-refractivity contribution in [3.8, 4) is 5.75 Å². The Bertz CT molecular complexity index is 614. The first kappa shape index (κ1) is 24.2. The molecule has 28 heavy (non-hydrogen) atoms. The standard InChI is InChI=1S/C20H31N3O4.ClH/c1-4-16-5-7-17(8-6-16)27-15(2)20(25)23-11-9-22(10-12-23)19(24)13-18(14-21)26-3;/h5-8,15,18H,4,9-14,21H2,1-3H3;1H. The minimum Gasteiger partial charge on any atom is -0.481 e. The van der Waals surface area contributed by atoms with Gasteiger partial charge in [0.1, 0.15) is 5.75 Å². The number of nitrogens with zero attached hydrogens (tertiary/aromatic N) is 2. The number of methoxy groups -OCH3 is 1. The van der Waals surface area contributed by atoms with Crippen LogP contribution in [0.2, 0.25) is 0 Å². The molecule has 1 saturated heterocycles. The zero-order valence-electron chi connectivity index (χ0n) is 16.9. The topological polar surface area (TPSA) is 85.1 Å². The highest BCUT2D eigenvalue weighted by atomic mass is 35.5. The smallest absolute Gasteiger partial charge is 0.263 e. The van der Waals surface area contributed by atoms with Crippen LogP contribution in [0.25, 0.3) is 0 Å². The Kier molecular flexibility index (Phi) is 10.3. The maximum absolute atomic E-state index is 12.6. The van der Waals surface area contributed by atoms with Gasteiger partial charge in [-0.15, -0.1) is 12.4 Å². The van der Waals surface area contributed by atoms with Gasteiger partial charge in [0.05, 0.1) is 12.5 Å². The van der Waals surface area contributed by atoms with Crippen molar-refractivity contribution in [3.05, 3.63) is 29.8 Å². The van der Waals surface area contributed by atoms with Crippen LogP contribution in [0, 0.1) is 0 Å². The molecule has 0 radical (unpaired) electrons. The number of piperazine rings is 1. The van der Waals surface area contributed by atoms with Gasteiger partial charge in [-0.05, 0) is 31.0 Å². The van der Waals surface area contributed by atoms with Gasteiger partial charge in [0.2, 0.25) is 5.91 Å². The molecule has 1 fully saturated rings. The first-order chi connectivity index (χ1) is 13.0. The van der Waals surface area contributed by atoms with Crippen LogP contribution in [-0.2, 0) is 20.7 Å². The first-order valence-corrected chi connectivity index (χ1v) is 9.53. The van der Waals surface area contributed by atoms with Crippen molar-refractivity contribution in [1.82, 2.24) is 9.80 Å². The quantitative estimate of drug-likeness (QED) is 0.697. The maximum atomic E-state index is 12.6. The second-order valence-electron chi connectivity index (χ2n) is 6.76. The van der Waals surface area contributed by atoms with Crippen molar-refractivity contribution in [2.45, 2.75) is 38.9 Å². The maximum Gasteiger partial charge on any atom is 0.263 e. The number of carbonyl (C=O) groups excluding carboxylic acids is 2. The lowest BCUT2D eigenvalue weighted by molar-refractivity contribution is -0.144. The molecule has 0 spiro atoms. The van der Waals surface area contributed by atoms with E-state index >= 15 is 0 Å². The monoisotopic (exact) mass is 413 g/mol. The number of ether oxygens (including phenoxy) is 2. The highest BCUT2D eigenvalue weighted by Crippen LogP contribution is 2.16. The second-order valence-corrected chi connectivity index (χ2v) is 6.76. The van der Waals surface area contributed by atoms with Gasteiger partial charge in [-0.2, -0.15) is 0 Å². The van der Waals surface area contributed by atoms with Gasteiger partial charge in [-0.3, -0.25) is 9.59 Å².